The summed E-state index contributed by atoms with van der Waals surface area (Å²) in [7, 11) is 0. The molecule has 0 N–H and O–H groups in total. The van der Waals surface area contributed by atoms with Crippen LogP contribution >= 0.6 is 15.9 Å². The van der Waals surface area contributed by atoms with E-state index < -0.39 is 0 Å². The molecule has 14 heavy (non-hydrogen) atoms. The summed E-state index contributed by atoms with van der Waals surface area (Å²) in [5, 5.41) is 2.27. The largest absolute Gasteiger partial charge is 0.281 e. The van der Waals surface area contributed by atoms with E-state index in [0.29, 0.717) is 5.56 Å². The Morgan fingerprint density at radius 3 is 2.43 bits per heavy atom. The molecule has 2 rings (SSSR count). The number of carbonyl (C=O) groups excluding carboxylic acids is 1. The first-order valence-electron chi connectivity index (χ1n) is 4.37. The van der Waals surface area contributed by atoms with Gasteiger partial charge in [0.1, 0.15) is 0 Å². The zero-order valence-corrected chi connectivity index (χ0v) is 9.34. The van der Waals surface area contributed by atoms with E-state index in [2.05, 4.69) is 28.9 Å². The van der Waals surface area contributed by atoms with Gasteiger partial charge in [-0.15, -0.1) is 0 Å². The monoisotopic (exact) mass is 248 g/mol. The predicted octanol–water partition coefficient (Wildman–Crippen LogP) is 3.68. The summed E-state index contributed by atoms with van der Waals surface area (Å²) >= 11 is 2.94. The van der Waals surface area contributed by atoms with E-state index in [0.717, 1.165) is 5.39 Å². The van der Waals surface area contributed by atoms with Gasteiger partial charge in [-0.2, -0.15) is 0 Å². The van der Waals surface area contributed by atoms with Crippen LogP contribution in [0.4, 0.5) is 0 Å². The molecule has 2 aromatic rings. The molecule has 0 atom stereocenters. The lowest BCUT2D eigenvalue weighted by atomic mass is 10.1. The van der Waals surface area contributed by atoms with Gasteiger partial charge in [0, 0.05) is 5.56 Å². The average molecular weight is 249 g/mol. The average Bonchev–Trinajstić information content (AvgIpc) is 2.16. The SMILES string of the molecule is Cc1ccc2cc(C(=O)Br)ccc2c1. The second kappa shape index (κ2) is 3.54. The Morgan fingerprint density at radius 2 is 1.71 bits per heavy atom. The van der Waals surface area contributed by atoms with E-state index in [4.69, 9.17) is 0 Å². The van der Waals surface area contributed by atoms with Crippen LogP contribution in [0, 0.1) is 6.92 Å². The minimum atomic E-state index is -0.0695. The van der Waals surface area contributed by atoms with Crippen molar-refractivity contribution in [1.29, 1.82) is 0 Å². The van der Waals surface area contributed by atoms with Crippen molar-refractivity contribution in [3.8, 4) is 0 Å². The van der Waals surface area contributed by atoms with Crippen LogP contribution in [0.25, 0.3) is 10.8 Å². The molecule has 2 aromatic carbocycles. The van der Waals surface area contributed by atoms with Crippen molar-refractivity contribution < 1.29 is 4.79 Å². The first kappa shape index (κ1) is 9.41. The molecule has 0 bridgehead atoms. The van der Waals surface area contributed by atoms with E-state index in [9.17, 15) is 4.79 Å². The van der Waals surface area contributed by atoms with Gasteiger partial charge in [0.2, 0.25) is 4.69 Å². The zero-order chi connectivity index (χ0) is 10.1. The third-order valence-electron chi connectivity index (χ3n) is 2.22. The highest BCUT2D eigenvalue weighted by molar-refractivity contribution is 9.18. The molecule has 0 amide bonds. The maximum Gasteiger partial charge on any atom is 0.228 e. The second-order valence-corrected chi connectivity index (χ2v) is 4.06. The molecule has 0 aliphatic carbocycles. The zero-order valence-electron chi connectivity index (χ0n) is 7.75. The van der Waals surface area contributed by atoms with Crippen LogP contribution in [0.15, 0.2) is 36.4 Å². The summed E-state index contributed by atoms with van der Waals surface area (Å²) in [6.07, 6.45) is 0. The highest BCUT2D eigenvalue weighted by Crippen LogP contribution is 2.18. The molecule has 70 valence electrons. The highest BCUT2D eigenvalue weighted by Gasteiger charge is 2.01. The predicted molar refractivity (Wildman–Crippen MR) is 61.9 cm³/mol. The molecular weight excluding hydrogens is 240 g/mol. The summed E-state index contributed by atoms with van der Waals surface area (Å²) in [6, 6.07) is 11.9. The van der Waals surface area contributed by atoms with Gasteiger partial charge in [0.25, 0.3) is 0 Å². The molecule has 0 saturated carbocycles. The quantitative estimate of drug-likeness (QED) is 0.704. The Balaban J connectivity index is 2.67. The first-order valence-corrected chi connectivity index (χ1v) is 5.16. The third kappa shape index (κ3) is 1.70. The Kier molecular flexibility index (Phi) is 2.38. The lowest BCUT2D eigenvalue weighted by Crippen LogP contribution is -1.87. The molecular formula is C12H9BrO. The third-order valence-corrected chi connectivity index (χ3v) is 2.68. The topological polar surface area (TPSA) is 17.1 Å². The lowest BCUT2D eigenvalue weighted by molar-refractivity contribution is 0.109. The Morgan fingerprint density at radius 1 is 1.07 bits per heavy atom. The Hall–Kier alpha value is -1.15. The van der Waals surface area contributed by atoms with Crippen LogP contribution in [0.1, 0.15) is 15.9 Å². The number of halogens is 1. The van der Waals surface area contributed by atoms with Crippen LogP contribution < -0.4 is 0 Å². The van der Waals surface area contributed by atoms with E-state index >= 15 is 0 Å². The van der Waals surface area contributed by atoms with E-state index in [1.165, 1.54) is 10.9 Å². The van der Waals surface area contributed by atoms with Crippen molar-refractivity contribution in [3.05, 3.63) is 47.5 Å². The van der Waals surface area contributed by atoms with Gasteiger partial charge in [-0.3, -0.25) is 4.79 Å². The number of benzene rings is 2. The highest BCUT2D eigenvalue weighted by atomic mass is 79.9. The summed E-state index contributed by atoms with van der Waals surface area (Å²) < 4.78 is -0.0695. The van der Waals surface area contributed by atoms with Gasteiger partial charge in [-0.25, -0.2) is 0 Å². The molecule has 0 unspecified atom stereocenters. The van der Waals surface area contributed by atoms with Crippen LogP contribution in [0.3, 0.4) is 0 Å². The second-order valence-electron chi connectivity index (χ2n) is 3.34. The maximum absolute atomic E-state index is 11.1. The van der Waals surface area contributed by atoms with Crippen LogP contribution in [-0.2, 0) is 0 Å². The van der Waals surface area contributed by atoms with Gasteiger partial charge in [0.05, 0.1) is 0 Å². The molecule has 0 spiro atoms. The molecule has 0 aliphatic heterocycles. The minimum Gasteiger partial charge on any atom is -0.281 e. The molecule has 0 saturated heterocycles. The molecule has 1 nitrogen and oxygen atoms in total. The molecule has 0 aromatic heterocycles. The number of aryl methyl sites for hydroxylation is 1. The van der Waals surface area contributed by atoms with E-state index in [-0.39, 0.29) is 4.69 Å². The summed E-state index contributed by atoms with van der Waals surface area (Å²) in [5.74, 6) is 0. The number of hydrogen-bond acceptors (Lipinski definition) is 1. The summed E-state index contributed by atoms with van der Waals surface area (Å²) in [6.45, 7) is 2.06. The summed E-state index contributed by atoms with van der Waals surface area (Å²) in [4.78, 5) is 11.1. The van der Waals surface area contributed by atoms with Gasteiger partial charge >= 0.3 is 0 Å². The van der Waals surface area contributed by atoms with Crippen molar-refractivity contribution in [2.24, 2.45) is 0 Å². The van der Waals surface area contributed by atoms with Crippen LogP contribution in [-0.4, -0.2) is 4.69 Å². The fourth-order valence-corrected chi connectivity index (χ4v) is 1.73. The normalized spacial score (nSPS) is 10.4. The van der Waals surface area contributed by atoms with Crippen LogP contribution in [0.5, 0.6) is 0 Å². The smallest absolute Gasteiger partial charge is 0.228 e. The van der Waals surface area contributed by atoms with Gasteiger partial charge in [-0.1, -0.05) is 29.8 Å². The van der Waals surface area contributed by atoms with E-state index in [1.807, 2.05) is 30.3 Å². The fraction of sp³-hybridized carbons (Fsp3) is 0.0833. The van der Waals surface area contributed by atoms with Crippen molar-refractivity contribution in [1.82, 2.24) is 0 Å². The number of rotatable bonds is 1. The fourth-order valence-electron chi connectivity index (χ4n) is 1.49. The minimum absolute atomic E-state index is 0.0695. The molecule has 2 heteroatoms. The molecule has 0 fully saturated rings. The number of carbonyl (C=O) groups is 1. The standard InChI is InChI=1S/C12H9BrO/c1-8-2-3-10-7-11(12(13)14)5-4-9(10)6-8/h2-7H,1H3. The first-order chi connectivity index (χ1) is 6.66. The maximum atomic E-state index is 11.1. The Labute approximate surface area is 90.9 Å². The van der Waals surface area contributed by atoms with Gasteiger partial charge < -0.3 is 0 Å². The molecule has 0 aliphatic rings. The van der Waals surface area contributed by atoms with Crippen molar-refractivity contribution in [2.75, 3.05) is 0 Å². The van der Waals surface area contributed by atoms with Crippen molar-refractivity contribution in [2.45, 2.75) is 6.92 Å². The summed E-state index contributed by atoms with van der Waals surface area (Å²) in [5.41, 5.74) is 1.93. The number of fused-ring (bicyclic) bond motifs is 1. The Bertz CT molecular complexity index is 503. The number of hydrogen-bond donors (Lipinski definition) is 0. The van der Waals surface area contributed by atoms with Crippen molar-refractivity contribution >= 4 is 31.4 Å². The lowest BCUT2D eigenvalue weighted by Gasteiger charge is -2.00. The van der Waals surface area contributed by atoms with E-state index in [1.54, 1.807) is 0 Å². The molecule has 0 heterocycles. The van der Waals surface area contributed by atoms with Crippen molar-refractivity contribution in [3.63, 3.8) is 0 Å². The molecule has 0 radical (unpaired) electrons. The van der Waals surface area contributed by atoms with Gasteiger partial charge in [-0.05, 0) is 45.8 Å². The van der Waals surface area contributed by atoms with Gasteiger partial charge in [0.15, 0.2) is 0 Å². The van der Waals surface area contributed by atoms with Crippen LogP contribution in [0.2, 0.25) is 0 Å².